The monoisotopic (exact) mass is 452 g/mol. The molecule has 3 atom stereocenters. The van der Waals surface area contributed by atoms with Gasteiger partial charge >= 0.3 is 0 Å². The van der Waals surface area contributed by atoms with Gasteiger partial charge in [-0.2, -0.15) is 0 Å². The average Bonchev–Trinajstić information content (AvgIpc) is 3.09. The number of nitrogens with zero attached hydrogens (tertiary/aromatic N) is 1. The zero-order valence-corrected chi connectivity index (χ0v) is 19.4. The van der Waals surface area contributed by atoms with Crippen molar-refractivity contribution in [2.24, 2.45) is 11.8 Å². The topological polar surface area (TPSA) is 41.6 Å². The van der Waals surface area contributed by atoms with Crippen molar-refractivity contribution in [3.05, 3.63) is 21.4 Å². The van der Waals surface area contributed by atoms with Crippen LogP contribution < -0.4 is 5.32 Å². The maximum Gasteiger partial charge on any atom is 0.252 e. The Labute approximate surface area is 187 Å². The summed E-state index contributed by atoms with van der Waals surface area (Å²) in [6, 6.07) is 3.03. The van der Waals surface area contributed by atoms with Crippen molar-refractivity contribution in [3.8, 4) is 0 Å². The predicted octanol–water partition coefficient (Wildman–Crippen LogP) is 4.50. The molecule has 1 N–H and O–H groups in total. The number of alkyl halides is 2. The molecule has 7 heteroatoms. The van der Waals surface area contributed by atoms with Crippen molar-refractivity contribution in [1.82, 2.24) is 10.2 Å². The van der Waals surface area contributed by atoms with Gasteiger partial charge in [0.25, 0.3) is 5.92 Å². The first kappa shape index (κ1) is 21.8. The molecule has 1 aromatic rings. The first-order valence-corrected chi connectivity index (χ1v) is 12.8. The van der Waals surface area contributed by atoms with Crippen LogP contribution in [-0.4, -0.2) is 48.5 Å². The van der Waals surface area contributed by atoms with Gasteiger partial charge in [-0.25, -0.2) is 8.78 Å². The minimum absolute atomic E-state index is 0.0241. The molecule has 31 heavy (non-hydrogen) atoms. The number of hydrogen-bond donors (Lipinski definition) is 1. The molecule has 1 unspecified atom stereocenters. The van der Waals surface area contributed by atoms with Crippen LogP contribution in [-0.2, 0) is 28.0 Å². The van der Waals surface area contributed by atoms with Crippen LogP contribution >= 0.6 is 11.3 Å². The number of hydrogen-bond acceptors (Lipinski definition) is 4. The summed E-state index contributed by atoms with van der Waals surface area (Å²) in [6.45, 7) is 7.48. The summed E-state index contributed by atoms with van der Waals surface area (Å²) < 4.78 is 32.4. The molecular weight excluding hydrogens is 418 g/mol. The van der Waals surface area contributed by atoms with Gasteiger partial charge in [0.1, 0.15) is 0 Å². The molecule has 1 saturated heterocycles. The second kappa shape index (κ2) is 8.07. The number of aryl methyl sites for hydroxylation is 1. The number of ether oxygens (including phenoxy) is 1. The Hall–Kier alpha value is -1.05. The maximum absolute atomic E-state index is 13.0. The third kappa shape index (κ3) is 4.30. The Morgan fingerprint density at radius 2 is 2.13 bits per heavy atom. The van der Waals surface area contributed by atoms with Crippen molar-refractivity contribution < 1.29 is 18.3 Å². The van der Waals surface area contributed by atoms with Crippen molar-refractivity contribution in [2.75, 3.05) is 19.7 Å². The highest BCUT2D eigenvalue weighted by molar-refractivity contribution is 7.12. The van der Waals surface area contributed by atoms with Crippen molar-refractivity contribution in [3.63, 3.8) is 0 Å². The zero-order chi connectivity index (χ0) is 21.8. The molecule has 172 valence electrons. The average molecular weight is 453 g/mol. The quantitative estimate of drug-likeness (QED) is 0.691. The molecular formula is C24H34F2N2O2S. The van der Waals surface area contributed by atoms with E-state index in [-0.39, 0.29) is 30.4 Å². The summed E-state index contributed by atoms with van der Waals surface area (Å²) in [5.41, 5.74) is 1.36. The van der Waals surface area contributed by atoms with Crippen LogP contribution in [0.1, 0.15) is 67.7 Å². The van der Waals surface area contributed by atoms with E-state index in [2.05, 4.69) is 30.1 Å². The molecule has 5 rings (SSSR count). The lowest BCUT2D eigenvalue weighted by molar-refractivity contribution is -0.124. The van der Waals surface area contributed by atoms with Gasteiger partial charge in [0.05, 0.1) is 12.2 Å². The SMILES string of the molecule is CCc1cc2c(s1)CCO[C@@]21CCN(CC2CC(NC(=O)CC3CC3(F)F)C2)[C@@H](C)C1. The van der Waals surface area contributed by atoms with Crippen LogP contribution in [0.15, 0.2) is 6.07 Å². The molecule has 1 aromatic heterocycles. The molecule has 2 aliphatic heterocycles. The number of halogens is 2. The summed E-state index contributed by atoms with van der Waals surface area (Å²) in [4.78, 5) is 17.6. The number of fused-ring (bicyclic) bond motifs is 2. The number of piperidine rings is 1. The second-order valence-corrected chi connectivity index (χ2v) is 11.5. The number of likely N-dealkylation sites (tertiary alicyclic amines) is 1. The number of carbonyl (C=O) groups is 1. The molecule has 2 saturated carbocycles. The van der Waals surface area contributed by atoms with E-state index < -0.39 is 11.8 Å². The van der Waals surface area contributed by atoms with Crippen molar-refractivity contribution in [2.45, 2.75) is 88.8 Å². The second-order valence-electron chi connectivity index (χ2n) is 10.3. The molecule has 3 heterocycles. The van der Waals surface area contributed by atoms with Gasteiger partial charge in [0, 0.05) is 60.1 Å². The lowest BCUT2D eigenvalue weighted by atomic mass is 9.76. The fourth-order valence-electron chi connectivity index (χ4n) is 5.88. The number of carbonyl (C=O) groups excluding carboxylic acids is 1. The molecule has 4 aliphatic rings. The minimum atomic E-state index is -2.61. The predicted molar refractivity (Wildman–Crippen MR) is 118 cm³/mol. The van der Waals surface area contributed by atoms with Gasteiger partial charge in [-0.05, 0) is 56.6 Å². The van der Waals surface area contributed by atoms with Gasteiger partial charge in [0.2, 0.25) is 5.91 Å². The van der Waals surface area contributed by atoms with E-state index in [9.17, 15) is 13.6 Å². The van der Waals surface area contributed by atoms with E-state index in [0.29, 0.717) is 12.0 Å². The third-order valence-electron chi connectivity index (χ3n) is 7.94. The molecule has 1 spiro atoms. The Balaban J connectivity index is 1.10. The summed E-state index contributed by atoms with van der Waals surface area (Å²) in [7, 11) is 0. The summed E-state index contributed by atoms with van der Waals surface area (Å²) in [5, 5.41) is 2.96. The van der Waals surface area contributed by atoms with E-state index >= 15 is 0 Å². The standard InChI is InChI=1S/C24H34F2N2O2S/c1-3-19-11-20-21(31-19)4-7-30-23(20)5-6-28(15(2)12-23)14-16-8-18(9-16)27-22(29)10-17-13-24(17,25)26/h11,15-18H,3-10,12-14H2,1-2H3,(H,27,29)/t15-,16?,17?,18?,23+/m0/s1. The highest BCUT2D eigenvalue weighted by Crippen LogP contribution is 2.50. The number of thiophene rings is 1. The Morgan fingerprint density at radius 1 is 1.35 bits per heavy atom. The van der Waals surface area contributed by atoms with Crippen molar-refractivity contribution in [1.29, 1.82) is 0 Å². The molecule has 0 radical (unpaired) electrons. The summed E-state index contributed by atoms with van der Waals surface area (Å²) in [5.74, 6) is -2.96. The highest BCUT2D eigenvalue weighted by Gasteiger charge is 2.57. The van der Waals surface area contributed by atoms with Crippen LogP contribution in [0.3, 0.4) is 0 Å². The lowest BCUT2D eigenvalue weighted by Crippen LogP contribution is -2.54. The normalized spacial score (nSPS) is 36.6. The smallest absolute Gasteiger partial charge is 0.252 e. The minimum Gasteiger partial charge on any atom is -0.370 e. The molecule has 1 amide bonds. The zero-order valence-electron chi connectivity index (χ0n) is 18.6. The maximum atomic E-state index is 13.0. The van der Waals surface area contributed by atoms with Crippen LogP contribution in [0.5, 0.6) is 0 Å². The van der Waals surface area contributed by atoms with E-state index in [0.717, 1.165) is 58.2 Å². The van der Waals surface area contributed by atoms with Gasteiger partial charge in [0.15, 0.2) is 0 Å². The first-order chi connectivity index (χ1) is 14.8. The molecule has 0 aromatic carbocycles. The molecule has 0 bridgehead atoms. The van der Waals surface area contributed by atoms with Crippen LogP contribution in [0.25, 0.3) is 0 Å². The first-order valence-electron chi connectivity index (χ1n) is 12.0. The highest BCUT2D eigenvalue weighted by atomic mass is 32.1. The van der Waals surface area contributed by atoms with Gasteiger partial charge in [-0.1, -0.05) is 6.92 Å². The number of rotatable bonds is 6. The van der Waals surface area contributed by atoms with Gasteiger partial charge in [-0.15, -0.1) is 11.3 Å². The Morgan fingerprint density at radius 3 is 2.81 bits per heavy atom. The van der Waals surface area contributed by atoms with E-state index in [4.69, 9.17) is 4.74 Å². The van der Waals surface area contributed by atoms with Gasteiger partial charge < -0.3 is 15.0 Å². The van der Waals surface area contributed by atoms with Crippen LogP contribution in [0.2, 0.25) is 0 Å². The molecule has 2 aliphatic carbocycles. The van der Waals surface area contributed by atoms with E-state index in [1.54, 1.807) is 0 Å². The molecule has 3 fully saturated rings. The Bertz CT molecular complexity index is 838. The Kier molecular flexibility index (Phi) is 5.67. The number of amides is 1. The fraction of sp³-hybridized carbons (Fsp3) is 0.792. The van der Waals surface area contributed by atoms with Crippen LogP contribution in [0, 0.1) is 11.8 Å². The van der Waals surface area contributed by atoms with Crippen LogP contribution in [0.4, 0.5) is 8.78 Å². The van der Waals surface area contributed by atoms with Crippen molar-refractivity contribution >= 4 is 17.2 Å². The fourth-order valence-corrected chi connectivity index (χ4v) is 7.06. The third-order valence-corrected chi connectivity index (χ3v) is 9.28. The number of nitrogens with one attached hydrogen (secondary N) is 1. The summed E-state index contributed by atoms with van der Waals surface area (Å²) >= 11 is 1.97. The largest absolute Gasteiger partial charge is 0.370 e. The van der Waals surface area contributed by atoms with E-state index in [1.807, 2.05) is 11.3 Å². The van der Waals surface area contributed by atoms with E-state index in [1.165, 1.54) is 15.3 Å². The van der Waals surface area contributed by atoms with Gasteiger partial charge in [-0.3, -0.25) is 4.79 Å². The molecule has 4 nitrogen and oxygen atoms in total. The lowest BCUT2D eigenvalue weighted by Gasteiger charge is -2.49. The summed E-state index contributed by atoms with van der Waals surface area (Å²) in [6.07, 6.45) is 6.01.